The highest BCUT2D eigenvalue weighted by Crippen LogP contribution is 2.42. The van der Waals surface area contributed by atoms with Crippen LogP contribution in [0.4, 0.5) is 17.6 Å². The fourth-order valence-electron chi connectivity index (χ4n) is 4.50. The first-order chi connectivity index (χ1) is 17.3. The van der Waals surface area contributed by atoms with Crippen LogP contribution in [0, 0.1) is 6.92 Å². The Balaban J connectivity index is 1.92. The number of para-hydroxylation sites is 1. The van der Waals surface area contributed by atoms with Crippen LogP contribution in [0.2, 0.25) is 0 Å². The van der Waals surface area contributed by atoms with Gasteiger partial charge in [-0.25, -0.2) is 9.37 Å². The molecular formula is C27H29F4N3O3. The molecule has 6 nitrogen and oxygen atoms in total. The van der Waals surface area contributed by atoms with E-state index in [0.717, 1.165) is 11.1 Å². The van der Waals surface area contributed by atoms with Gasteiger partial charge in [0.15, 0.2) is 0 Å². The zero-order valence-corrected chi connectivity index (χ0v) is 21.2. The van der Waals surface area contributed by atoms with Gasteiger partial charge in [0.05, 0.1) is 18.6 Å². The first-order valence-electron chi connectivity index (χ1n) is 11.9. The van der Waals surface area contributed by atoms with Gasteiger partial charge in [-0.2, -0.15) is 13.2 Å². The summed E-state index contributed by atoms with van der Waals surface area (Å²) in [7, 11) is 1.79. The van der Waals surface area contributed by atoms with Crippen LogP contribution in [-0.4, -0.2) is 40.0 Å². The van der Waals surface area contributed by atoms with E-state index in [1.807, 2.05) is 19.1 Å². The zero-order chi connectivity index (χ0) is 27.1. The number of nitrogens with zero attached hydrogens (tertiary/aromatic N) is 2. The van der Waals surface area contributed by atoms with Gasteiger partial charge in [0.25, 0.3) is 0 Å². The minimum Gasteiger partial charge on any atom is -0.465 e. The number of carbonyl (C=O) groups excluding carboxylic acids is 1. The molecule has 198 valence electrons. The molecule has 0 aliphatic rings. The van der Waals surface area contributed by atoms with Crippen LogP contribution in [0.5, 0.6) is 0 Å². The van der Waals surface area contributed by atoms with Gasteiger partial charge in [0, 0.05) is 35.5 Å². The van der Waals surface area contributed by atoms with Crippen molar-refractivity contribution < 1.29 is 31.5 Å². The number of rotatable bonds is 8. The molecule has 0 aliphatic heterocycles. The number of carbonyl (C=O) groups is 1. The van der Waals surface area contributed by atoms with Crippen molar-refractivity contribution in [1.82, 2.24) is 14.9 Å². The largest absolute Gasteiger partial charge is 0.465 e. The number of aromatic nitrogens is 2. The lowest BCUT2D eigenvalue weighted by atomic mass is 9.94. The number of imidazole rings is 1. The molecule has 0 fully saturated rings. The van der Waals surface area contributed by atoms with E-state index in [1.165, 1.54) is 32.9 Å². The standard InChI is InChI=1S/C27H29F4N3O3/c1-6-36-25(35)19(13-26(3,4)28)33-24(27(29,30)31)16-11-18(23-15(2)34(5)14-32-23)22-17-9-7-8-10-20(17)37-21(22)12-16/h7-12,14,19,24,33H,6,13H2,1-5H3/t19-,24-/m0/s1. The Kier molecular flexibility index (Phi) is 7.07. The Morgan fingerprint density at radius 3 is 2.46 bits per heavy atom. The number of ether oxygens (including phenoxy) is 1. The van der Waals surface area contributed by atoms with Crippen molar-refractivity contribution in [3.63, 3.8) is 0 Å². The Hall–Kier alpha value is -3.40. The second-order valence-corrected chi connectivity index (χ2v) is 9.70. The second-order valence-electron chi connectivity index (χ2n) is 9.70. The number of furan rings is 1. The van der Waals surface area contributed by atoms with Crippen molar-refractivity contribution in [1.29, 1.82) is 0 Å². The molecule has 10 heteroatoms. The minimum absolute atomic E-state index is 0.0472. The number of nitrogens with one attached hydrogen (secondary N) is 1. The summed E-state index contributed by atoms with van der Waals surface area (Å²) in [5.41, 5.74) is 0.380. The van der Waals surface area contributed by atoms with E-state index < -0.39 is 36.3 Å². The summed E-state index contributed by atoms with van der Waals surface area (Å²) in [5, 5.41) is 3.71. The third-order valence-electron chi connectivity index (χ3n) is 6.28. The van der Waals surface area contributed by atoms with Gasteiger partial charge in [0.1, 0.15) is 28.9 Å². The normalized spacial score (nSPS) is 14.3. The molecule has 0 aliphatic carbocycles. The summed E-state index contributed by atoms with van der Waals surface area (Å²) in [4.78, 5) is 17.0. The van der Waals surface area contributed by atoms with Gasteiger partial charge in [-0.1, -0.05) is 18.2 Å². The zero-order valence-electron chi connectivity index (χ0n) is 21.2. The number of hydrogen-bond acceptors (Lipinski definition) is 5. The summed E-state index contributed by atoms with van der Waals surface area (Å²) < 4.78 is 70.7. The Morgan fingerprint density at radius 1 is 1.16 bits per heavy atom. The third kappa shape index (κ3) is 5.49. The quantitative estimate of drug-likeness (QED) is 0.211. The lowest BCUT2D eigenvalue weighted by Crippen LogP contribution is -2.47. The molecule has 0 bridgehead atoms. The average molecular weight is 520 g/mol. The molecule has 37 heavy (non-hydrogen) atoms. The van der Waals surface area contributed by atoms with Gasteiger partial charge in [-0.3, -0.25) is 10.1 Å². The molecule has 2 aromatic heterocycles. The molecular weight excluding hydrogens is 490 g/mol. The Labute approximate surface area is 211 Å². The predicted octanol–water partition coefficient (Wildman–Crippen LogP) is 6.56. The maximum absolute atomic E-state index is 14.5. The number of aryl methyl sites for hydroxylation is 1. The van der Waals surface area contributed by atoms with Crippen LogP contribution in [0.25, 0.3) is 33.2 Å². The molecule has 4 rings (SSSR count). The molecule has 0 unspecified atom stereocenters. The highest BCUT2D eigenvalue weighted by atomic mass is 19.4. The van der Waals surface area contributed by atoms with Crippen LogP contribution < -0.4 is 5.32 Å². The van der Waals surface area contributed by atoms with Crippen molar-refractivity contribution in [2.24, 2.45) is 7.05 Å². The van der Waals surface area contributed by atoms with E-state index in [1.54, 1.807) is 30.1 Å². The van der Waals surface area contributed by atoms with Gasteiger partial charge in [0.2, 0.25) is 0 Å². The van der Waals surface area contributed by atoms with E-state index in [9.17, 15) is 22.4 Å². The van der Waals surface area contributed by atoms with E-state index >= 15 is 0 Å². The van der Waals surface area contributed by atoms with Crippen molar-refractivity contribution in [3.05, 3.63) is 54.0 Å². The third-order valence-corrected chi connectivity index (χ3v) is 6.28. The van der Waals surface area contributed by atoms with E-state index in [2.05, 4.69) is 10.3 Å². The average Bonchev–Trinajstić information content (AvgIpc) is 3.34. The van der Waals surface area contributed by atoms with E-state index in [4.69, 9.17) is 9.15 Å². The van der Waals surface area contributed by atoms with Gasteiger partial charge in [-0.15, -0.1) is 0 Å². The molecule has 0 radical (unpaired) electrons. The number of alkyl halides is 4. The summed E-state index contributed by atoms with van der Waals surface area (Å²) in [5.74, 6) is -0.951. The highest BCUT2D eigenvalue weighted by molar-refractivity contribution is 6.12. The summed E-state index contributed by atoms with van der Waals surface area (Å²) >= 11 is 0. The summed E-state index contributed by atoms with van der Waals surface area (Å²) in [6.45, 7) is 5.71. The molecule has 2 atom stereocenters. The lowest BCUT2D eigenvalue weighted by molar-refractivity contribution is -0.165. The molecule has 2 heterocycles. The van der Waals surface area contributed by atoms with Crippen LogP contribution in [-0.2, 0) is 16.6 Å². The van der Waals surface area contributed by atoms with Gasteiger partial charge < -0.3 is 13.7 Å². The molecule has 0 spiro atoms. The van der Waals surface area contributed by atoms with E-state index in [-0.39, 0.29) is 17.8 Å². The maximum atomic E-state index is 14.5. The van der Waals surface area contributed by atoms with Crippen molar-refractivity contribution in [2.75, 3.05) is 6.61 Å². The fraction of sp³-hybridized carbons (Fsp3) is 0.407. The first kappa shape index (κ1) is 26.7. The summed E-state index contributed by atoms with van der Waals surface area (Å²) in [6, 6.07) is 6.07. The minimum atomic E-state index is -4.82. The number of fused-ring (bicyclic) bond motifs is 3. The molecule has 2 aromatic carbocycles. The summed E-state index contributed by atoms with van der Waals surface area (Å²) in [6.07, 6.45) is -3.73. The van der Waals surface area contributed by atoms with Crippen molar-refractivity contribution >= 4 is 27.9 Å². The monoisotopic (exact) mass is 519 g/mol. The Bertz CT molecular complexity index is 1430. The molecule has 4 aromatic rings. The first-order valence-corrected chi connectivity index (χ1v) is 11.9. The second kappa shape index (κ2) is 9.81. The van der Waals surface area contributed by atoms with Crippen molar-refractivity contribution in [2.45, 2.75) is 58.0 Å². The van der Waals surface area contributed by atoms with Gasteiger partial charge in [-0.05, 0) is 51.5 Å². The number of benzene rings is 2. The number of halogens is 4. The fourth-order valence-corrected chi connectivity index (χ4v) is 4.50. The predicted molar refractivity (Wildman–Crippen MR) is 133 cm³/mol. The van der Waals surface area contributed by atoms with Crippen LogP contribution in [0.15, 0.2) is 47.1 Å². The number of esters is 1. The Morgan fingerprint density at radius 2 is 1.86 bits per heavy atom. The maximum Gasteiger partial charge on any atom is 0.407 e. The molecule has 0 saturated carbocycles. The van der Waals surface area contributed by atoms with Crippen LogP contribution in [0.1, 0.15) is 44.5 Å². The molecule has 1 N–H and O–H groups in total. The highest BCUT2D eigenvalue weighted by Gasteiger charge is 2.44. The lowest BCUT2D eigenvalue weighted by Gasteiger charge is -2.29. The van der Waals surface area contributed by atoms with Crippen molar-refractivity contribution in [3.8, 4) is 11.3 Å². The molecule has 0 saturated heterocycles. The van der Waals surface area contributed by atoms with Gasteiger partial charge >= 0.3 is 12.1 Å². The van der Waals surface area contributed by atoms with Crippen LogP contribution in [0.3, 0.4) is 0 Å². The SMILES string of the molecule is CCOC(=O)[C@H](CC(C)(C)F)N[C@@H](c1cc(-c2ncn(C)c2C)c2c(c1)oc1ccccc12)C(F)(F)F. The number of hydrogen-bond donors (Lipinski definition) is 1. The topological polar surface area (TPSA) is 69.3 Å². The van der Waals surface area contributed by atoms with Crippen LogP contribution >= 0.6 is 0 Å². The molecule has 0 amide bonds. The smallest absolute Gasteiger partial charge is 0.407 e. The van der Waals surface area contributed by atoms with E-state index in [0.29, 0.717) is 22.2 Å².